The first-order chi connectivity index (χ1) is 10.1. The fourth-order valence-corrected chi connectivity index (χ4v) is 1.82. The van der Waals surface area contributed by atoms with Crippen LogP contribution in [0.4, 0.5) is 5.69 Å². The maximum atomic E-state index is 12.0. The summed E-state index contributed by atoms with van der Waals surface area (Å²) in [4.78, 5) is 16.0. The van der Waals surface area contributed by atoms with Crippen molar-refractivity contribution in [1.29, 1.82) is 0 Å². The number of anilines is 1. The summed E-state index contributed by atoms with van der Waals surface area (Å²) in [5, 5.41) is 11.5. The molecule has 2 aromatic rings. The molecule has 2 N–H and O–H groups in total. The molecule has 0 aliphatic heterocycles. The molecule has 0 saturated carbocycles. The molecule has 5 heteroatoms. The van der Waals surface area contributed by atoms with E-state index in [0.29, 0.717) is 12.1 Å². The third-order valence-corrected chi connectivity index (χ3v) is 2.88. The number of benzene rings is 1. The number of amides is 1. The average Bonchev–Trinajstić information content (AvgIpc) is 2.89. The Kier molecular flexibility index (Phi) is 4.75. The van der Waals surface area contributed by atoms with E-state index < -0.39 is 0 Å². The molecule has 1 aromatic heterocycles. The highest BCUT2D eigenvalue weighted by atomic mass is 16.2. The molecule has 0 saturated heterocycles. The van der Waals surface area contributed by atoms with Gasteiger partial charge in [-0.1, -0.05) is 11.8 Å². The van der Waals surface area contributed by atoms with E-state index >= 15 is 0 Å². The summed E-state index contributed by atoms with van der Waals surface area (Å²) in [6.07, 6.45) is 3.71. The number of rotatable bonds is 3. The maximum absolute atomic E-state index is 12.0. The molecular weight excluding hydrogens is 266 g/mol. The fourth-order valence-electron chi connectivity index (χ4n) is 1.82. The van der Waals surface area contributed by atoms with Gasteiger partial charge in [-0.05, 0) is 30.7 Å². The average molecular weight is 283 g/mol. The van der Waals surface area contributed by atoms with Gasteiger partial charge in [-0.15, -0.1) is 0 Å². The Morgan fingerprint density at radius 3 is 2.90 bits per heavy atom. The van der Waals surface area contributed by atoms with Crippen molar-refractivity contribution in [2.75, 3.05) is 11.9 Å². The molecule has 0 aliphatic carbocycles. The zero-order chi connectivity index (χ0) is 15.2. The normalized spacial score (nSPS) is 9.86. The van der Waals surface area contributed by atoms with Gasteiger partial charge in [-0.25, -0.2) is 4.98 Å². The van der Waals surface area contributed by atoms with Gasteiger partial charge < -0.3 is 15.0 Å². The van der Waals surface area contributed by atoms with E-state index in [1.165, 1.54) is 0 Å². The molecular formula is C16H17N3O2. The number of imidazole rings is 1. The van der Waals surface area contributed by atoms with Crippen molar-refractivity contribution < 1.29 is 9.90 Å². The van der Waals surface area contributed by atoms with E-state index in [0.717, 1.165) is 16.8 Å². The van der Waals surface area contributed by atoms with Gasteiger partial charge >= 0.3 is 0 Å². The maximum Gasteiger partial charge on any atom is 0.275 e. The van der Waals surface area contributed by atoms with E-state index in [2.05, 4.69) is 22.1 Å². The van der Waals surface area contributed by atoms with Gasteiger partial charge in [0.25, 0.3) is 5.91 Å². The molecule has 21 heavy (non-hydrogen) atoms. The summed E-state index contributed by atoms with van der Waals surface area (Å²) in [5.41, 5.74) is 2.90. The Morgan fingerprint density at radius 1 is 1.48 bits per heavy atom. The Balaban J connectivity index is 2.11. The van der Waals surface area contributed by atoms with Gasteiger partial charge in [0.15, 0.2) is 0 Å². The first-order valence-corrected chi connectivity index (χ1v) is 6.60. The van der Waals surface area contributed by atoms with Gasteiger partial charge in [0.2, 0.25) is 0 Å². The third kappa shape index (κ3) is 3.94. The van der Waals surface area contributed by atoms with Crippen LogP contribution in [0, 0.1) is 18.8 Å². The standard InChI is InChI=1S/C16H17N3O2/c1-12-9-13(5-3-4-8-20)6-7-14(12)18-16(21)15-10-19(2)11-17-15/h6-7,9-11,20H,4,8H2,1-2H3,(H,18,21). The molecule has 1 heterocycles. The molecule has 1 aromatic carbocycles. The Bertz CT molecular complexity index is 708. The molecule has 0 atom stereocenters. The Hall–Kier alpha value is -2.58. The number of nitrogens with one attached hydrogen (secondary N) is 1. The van der Waals surface area contributed by atoms with Crippen molar-refractivity contribution in [3.05, 3.63) is 47.5 Å². The van der Waals surface area contributed by atoms with Crippen LogP contribution in [0.3, 0.4) is 0 Å². The molecule has 0 spiro atoms. The van der Waals surface area contributed by atoms with E-state index in [-0.39, 0.29) is 12.5 Å². The van der Waals surface area contributed by atoms with Crippen LogP contribution in [-0.2, 0) is 7.05 Å². The van der Waals surface area contributed by atoms with Gasteiger partial charge in [0.1, 0.15) is 5.69 Å². The van der Waals surface area contributed by atoms with Crippen molar-refractivity contribution in [2.45, 2.75) is 13.3 Å². The quantitative estimate of drug-likeness (QED) is 0.843. The van der Waals surface area contributed by atoms with Crippen LogP contribution in [0.5, 0.6) is 0 Å². The van der Waals surface area contributed by atoms with Crippen LogP contribution in [-0.4, -0.2) is 27.2 Å². The first-order valence-electron chi connectivity index (χ1n) is 6.60. The number of aliphatic hydroxyl groups excluding tert-OH is 1. The molecule has 0 bridgehead atoms. The van der Waals surface area contributed by atoms with Crippen LogP contribution in [0.15, 0.2) is 30.7 Å². The minimum absolute atomic E-state index is 0.0597. The highest BCUT2D eigenvalue weighted by Crippen LogP contribution is 2.17. The van der Waals surface area contributed by atoms with E-state index in [1.54, 1.807) is 17.1 Å². The van der Waals surface area contributed by atoms with Crippen LogP contribution >= 0.6 is 0 Å². The smallest absolute Gasteiger partial charge is 0.275 e. The lowest BCUT2D eigenvalue weighted by atomic mass is 10.1. The lowest BCUT2D eigenvalue weighted by Gasteiger charge is -2.07. The summed E-state index contributed by atoms with van der Waals surface area (Å²) in [5.74, 6) is 5.59. The van der Waals surface area contributed by atoms with Crippen LogP contribution in [0.2, 0.25) is 0 Å². The Labute approximate surface area is 123 Å². The summed E-state index contributed by atoms with van der Waals surface area (Å²) < 4.78 is 1.72. The Morgan fingerprint density at radius 2 is 2.29 bits per heavy atom. The molecule has 0 unspecified atom stereocenters. The summed E-state index contributed by atoms with van der Waals surface area (Å²) in [6.45, 7) is 1.97. The van der Waals surface area contributed by atoms with Gasteiger partial charge in [-0.2, -0.15) is 0 Å². The summed E-state index contributed by atoms with van der Waals surface area (Å²) in [6, 6.07) is 5.56. The fraction of sp³-hybridized carbons (Fsp3) is 0.250. The van der Waals surface area contributed by atoms with Crippen molar-refractivity contribution in [3.63, 3.8) is 0 Å². The minimum atomic E-state index is -0.238. The number of nitrogens with zero attached hydrogens (tertiary/aromatic N) is 2. The van der Waals surface area contributed by atoms with Crippen molar-refractivity contribution in [2.24, 2.45) is 7.05 Å². The molecule has 5 nitrogen and oxygen atoms in total. The minimum Gasteiger partial charge on any atom is -0.395 e. The number of aromatic nitrogens is 2. The van der Waals surface area contributed by atoms with E-state index in [1.807, 2.05) is 32.2 Å². The zero-order valence-corrected chi connectivity index (χ0v) is 12.1. The van der Waals surface area contributed by atoms with E-state index in [4.69, 9.17) is 5.11 Å². The van der Waals surface area contributed by atoms with Gasteiger partial charge in [0.05, 0.1) is 12.9 Å². The SMILES string of the molecule is Cc1cc(C#CCCO)ccc1NC(=O)c1cn(C)cn1. The zero-order valence-electron chi connectivity index (χ0n) is 12.1. The second-order valence-electron chi connectivity index (χ2n) is 4.68. The van der Waals surface area contributed by atoms with Crippen LogP contribution in [0.1, 0.15) is 28.0 Å². The van der Waals surface area contributed by atoms with E-state index in [9.17, 15) is 4.79 Å². The van der Waals surface area contributed by atoms with Crippen molar-refractivity contribution in [3.8, 4) is 11.8 Å². The lowest BCUT2D eigenvalue weighted by molar-refractivity contribution is 0.102. The highest BCUT2D eigenvalue weighted by molar-refractivity contribution is 6.03. The predicted molar refractivity (Wildman–Crippen MR) is 80.9 cm³/mol. The van der Waals surface area contributed by atoms with Gasteiger partial charge in [0, 0.05) is 30.9 Å². The summed E-state index contributed by atoms with van der Waals surface area (Å²) >= 11 is 0. The molecule has 1 amide bonds. The molecule has 0 aliphatic rings. The number of aliphatic hydroxyl groups is 1. The molecule has 2 rings (SSSR count). The highest BCUT2D eigenvalue weighted by Gasteiger charge is 2.10. The number of aryl methyl sites for hydroxylation is 2. The van der Waals surface area contributed by atoms with Crippen molar-refractivity contribution in [1.82, 2.24) is 9.55 Å². The second-order valence-corrected chi connectivity index (χ2v) is 4.68. The van der Waals surface area contributed by atoms with Gasteiger partial charge in [-0.3, -0.25) is 4.79 Å². The van der Waals surface area contributed by atoms with Crippen molar-refractivity contribution >= 4 is 11.6 Å². The van der Waals surface area contributed by atoms with Crippen LogP contribution < -0.4 is 5.32 Å². The van der Waals surface area contributed by atoms with Crippen LogP contribution in [0.25, 0.3) is 0 Å². The second kappa shape index (κ2) is 6.73. The topological polar surface area (TPSA) is 67.2 Å². The molecule has 108 valence electrons. The largest absolute Gasteiger partial charge is 0.395 e. The number of carbonyl (C=O) groups excluding carboxylic acids is 1. The predicted octanol–water partition coefficient (Wildman–Crippen LogP) is 1.71. The number of hydrogen-bond donors (Lipinski definition) is 2. The molecule has 0 radical (unpaired) electrons. The number of hydrogen-bond acceptors (Lipinski definition) is 3. The number of carbonyl (C=O) groups is 1. The third-order valence-electron chi connectivity index (χ3n) is 2.88. The lowest BCUT2D eigenvalue weighted by Crippen LogP contribution is -2.13. The molecule has 0 fully saturated rings. The summed E-state index contributed by atoms with van der Waals surface area (Å²) in [7, 11) is 1.81. The first kappa shape index (κ1) is 14.8. The monoisotopic (exact) mass is 283 g/mol.